The number of H-pyrrole nitrogens is 1. The van der Waals surface area contributed by atoms with Gasteiger partial charge in [-0.25, -0.2) is 18.0 Å². The third-order valence-electron chi connectivity index (χ3n) is 7.08. The van der Waals surface area contributed by atoms with Crippen molar-refractivity contribution in [1.82, 2.24) is 9.88 Å². The maximum Gasteiger partial charge on any atom is 0.329 e. The smallest absolute Gasteiger partial charge is 0.329 e. The van der Waals surface area contributed by atoms with Crippen molar-refractivity contribution in [3.8, 4) is 5.75 Å². The number of halogens is 3. The average molecular weight is 547 g/mol. The summed E-state index contributed by atoms with van der Waals surface area (Å²) in [7, 11) is 0. The zero-order valence-electron chi connectivity index (χ0n) is 22.7. The lowest BCUT2D eigenvalue weighted by atomic mass is 9.87. The van der Waals surface area contributed by atoms with E-state index in [0.717, 1.165) is 35.7 Å². The number of unbranched alkanes of at least 4 members (excludes halogenated alkanes) is 3. The molecule has 1 aliphatic rings. The Balaban J connectivity index is 1.51. The summed E-state index contributed by atoms with van der Waals surface area (Å²) in [5.74, 6) is -2.35. The summed E-state index contributed by atoms with van der Waals surface area (Å²) in [6.45, 7) is 5.30. The Kier molecular flexibility index (Phi) is 9.23. The van der Waals surface area contributed by atoms with Crippen molar-refractivity contribution in [3.05, 3.63) is 64.9 Å². The van der Waals surface area contributed by atoms with Crippen LogP contribution in [0.4, 0.5) is 13.2 Å². The van der Waals surface area contributed by atoms with Gasteiger partial charge in [0.15, 0.2) is 0 Å². The van der Waals surface area contributed by atoms with Crippen LogP contribution in [0.15, 0.2) is 36.4 Å². The summed E-state index contributed by atoms with van der Waals surface area (Å²) in [4.78, 5) is 15.7. The van der Waals surface area contributed by atoms with Gasteiger partial charge in [0.2, 0.25) is 0 Å². The Hall–Kier alpha value is -3.04. The molecule has 0 amide bonds. The van der Waals surface area contributed by atoms with Crippen LogP contribution in [0.25, 0.3) is 10.9 Å². The number of hydrogen-bond acceptors (Lipinski definition) is 4. The topological polar surface area (TPSA) is 74.8 Å². The highest BCUT2D eigenvalue weighted by atomic mass is 19.1. The van der Waals surface area contributed by atoms with E-state index >= 15 is 8.78 Å². The number of aliphatic carboxylic acids is 1. The van der Waals surface area contributed by atoms with Gasteiger partial charge in [-0.2, -0.15) is 0 Å². The van der Waals surface area contributed by atoms with Gasteiger partial charge >= 0.3 is 5.97 Å². The number of carbonyl (C=O) groups is 1. The summed E-state index contributed by atoms with van der Waals surface area (Å²) in [5, 5.41) is 9.57. The number of hydrogen-bond donors (Lipinski definition) is 2. The molecule has 1 aliphatic heterocycles. The SMILES string of the molecule is C[C@@H]1Cc2c([nH]c3ccccc23)[C@@H](c2c(F)cc(OCCCCCCOCC(=O)O)cc2F)N1CC(C)(C)F. The number of rotatable bonds is 13. The molecule has 1 aromatic heterocycles. The highest BCUT2D eigenvalue weighted by Crippen LogP contribution is 2.43. The first-order valence-corrected chi connectivity index (χ1v) is 13.5. The molecule has 39 heavy (non-hydrogen) atoms. The van der Waals surface area contributed by atoms with Crippen molar-refractivity contribution in [2.24, 2.45) is 0 Å². The number of aromatic nitrogens is 1. The molecular formula is C30H37F3N2O4. The van der Waals surface area contributed by atoms with E-state index in [2.05, 4.69) is 4.98 Å². The Morgan fingerprint density at radius 1 is 1.10 bits per heavy atom. The van der Waals surface area contributed by atoms with E-state index in [0.29, 0.717) is 31.7 Å². The predicted molar refractivity (Wildman–Crippen MR) is 144 cm³/mol. The van der Waals surface area contributed by atoms with Crippen LogP contribution in [-0.2, 0) is 16.0 Å². The van der Waals surface area contributed by atoms with E-state index in [1.807, 2.05) is 36.1 Å². The monoisotopic (exact) mass is 546 g/mol. The number of aromatic amines is 1. The van der Waals surface area contributed by atoms with Crippen LogP contribution in [-0.4, -0.2) is 59.0 Å². The predicted octanol–water partition coefficient (Wildman–Crippen LogP) is 6.57. The second kappa shape index (κ2) is 12.4. The molecule has 6 nitrogen and oxygen atoms in total. The summed E-state index contributed by atoms with van der Waals surface area (Å²) in [6.07, 6.45) is 3.70. The maximum atomic E-state index is 15.7. The van der Waals surface area contributed by atoms with Gasteiger partial charge in [0.1, 0.15) is 29.7 Å². The molecule has 0 aliphatic carbocycles. The van der Waals surface area contributed by atoms with E-state index in [1.54, 1.807) is 0 Å². The number of nitrogens with one attached hydrogen (secondary N) is 1. The van der Waals surface area contributed by atoms with Gasteiger partial charge in [-0.3, -0.25) is 4.90 Å². The molecule has 2 atom stereocenters. The Morgan fingerprint density at radius 3 is 2.44 bits per heavy atom. The zero-order chi connectivity index (χ0) is 28.2. The van der Waals surface area contributed by atoms with Crippen LogP contribution in [0.5, 0.6) is 5.75 Å². The maximum absolute atomic E-state index is 15.7. The van der Waals surface area contributed by atoms with Gasteiger partial charge in [-0.05, 0) is 58.1 Å². The molecule has 0 fully saturated rings. The minimum atomic E-state index is -1.56. The first-order valence-electron chi connectivity index (χ1n) is 13.5. The number of alkyl halides is 1. The number of carboxylic acids is 1. The number of benzene rings is 2. The Morgan fingerprint density at radius 2 is 1.77 bits per heavy atom. The molecule has 2 N–H and O–H groups in total. The lowest BCUT2D eigenvalue weighted by molar-refractivity contribution is -0.142. The lowest BCUT2D eigenvalue weighted by Gasteiger charge is -2.43. The molecule has 0 bridgehead atoms. The van der Waals surface area contributed by atoms with Crippen LogP contribution in [0.3, 0.4) is 0 Å². The second-order valence-electron chi connectivity index (χ2n) is 10.9. The number of para-hydroxylation sites is 1. The third-order valence-corrected chi connectivity index (χ3v) is 7.08. The van der Waals surface area contributed by atoms with Crippen LogP contribution >= 0.6 is 0 Å². The summed E-state index contributed by atoms with van der Waals surface area (Å²) < 4.78 is 56.9. The van der Waals surface area contributed by atoms with Gasteiger partial charge in [-0.1, -0.05) is 24.6 Å². The molecule has 212 valence electrons. The fraction of sp³-hybridized carbons (Fsp3) is 0.500. The molecule has 2 aromatic carbocycles. The van der Waals surface area contributed by atoms with Gasteiger partial charge in [0, 0.05) is 53.5 Å². The Bertz CT molecular complexity index is 1260. The fourth-order valence-electron chi connectivity index (χ4n) is 5.41. The first kappa shape index (κ1) is 29.0. The van der Waals surface area contributed by atoms with Crippen molar-refractivity contribution in [1.29, 1.82) is 0 Å². The molecule has 0 spiro atoms. The van der Waals surface area contributed by atoms with Gasteiger partial charge in [0.25, 0.3) is 0 Å². The van der Waals surface area contributed by atoms with E-state index in [9.17, 15) is 9.18 Å². The van der Waals surface area contributed by atoms with Crippen molar-refractivity contribution in [3.63, 3.8) is 0 Å². The van der Waals surface area contributed by atoms with Crippen molar-refractivity contribution in [2.45, 2.75) is 70.6 Å². The van der Waals surface area contributed by atoms with E-state index in [4.69, 9.17) is 14.6 Å². The minimum absolute atomic E-state index is 0.0200. The molecular weight excluding hydrogens is 509 g/mol. The molecule has 0 saturated carbocycles. The molecule has 2 heterocycles. The van der Waals surface area contributed by atoms with Crippen LogP contribution in [0, 0.1) is 11.6 Å². The normalized spacial score (nSPS) is 17.9. The first-order chi connectivity index (χ1) is 18.5. The number of ether oxygens (including phenoxy) is 2. The van der Waals surface area contributed by atoms with E-state index in [-0.39, 0.29) is 30.5 Å². The molecule has 9 heteroatoms. The highest BCUT2D eigenvalue weighted by Gasteiger charge is 2.41. The highest BCUT2D eigenvalue weighted by molar-refractivity contribution is 5.85. The van der Waals surface area contributed by atoms with Gasteiger partial charge in [-0.15, -0.1) is 0 Å². The standard InChI is InChI=1S/C30H37F3N2O4/c1-19-14-22-21-10-6-7-11-25(21)34-28(22)29(35(19)18-30(2,3)33)27-23(31)15-20(16-24(27)32)39-13-9-5-4-8-12-38-17-26(36)37/h6-7,10-11,15-16,19,29,34H,4-5,8-9,12-14,17-18H2,1-3H3,(H,36,37)/t19-,29-/m1/s1. The largest absolute Gasteiger partial charge is 0.493 e. The van der Waals surface area contributed by atoms with Crippen LogP contribution in [0.1, 0.15) is 69.3 Å². The third kappa shape index (κ3) is 7.13. The van der Waals surface area contributed by atoms with Crippen molar-refractivity contribution >= 4 is 16.9 Å². The Labute approximate surface area is 227 Å². The van der Waals surface area contributed by atoms with E-state index in [1.165, 1.54) is 26.0 Å². The van der Waals surface area contributed by atoms with E-state index < -0.39 is 29.3 Å². The molecule has 0 radical (unpaired) electrons. The summed E-state index contributed by atoms with van der Waals surface area (Å²) in [6, 6.07) is 9.24. The van der Waals surface area contributed by atoms with Crippen molar-refractivity contribution < 1.29 is 32.5 Å². The van der Waals surface area contributed by atoms with Crippen LogP contribution < -0.4 is 4.74 Å². The van der Waals surface area contributed by atoms with Crippen molar-refractivity contribution in [2.75, 3.05) is 26.4 Å². The summed E-state index contributed by atoms with van der Waals surface area (Å²) >= 11 is 0. The second-order valence-corrected chi connectivity index (χ2v) is 10.9. The quantitative estimate of drug-likeness (QED) is 0.237. The molecule has 4 rings (SSSR count). The molecule has 0 unspecified atom stereocenters. The zero-order valence-corrected chi connectivity index (χ0v) is 22.7. The summed E-state index contributed by atoms with van der Waals surface area (Å²) in [5.41, 5.74) is 0.900. The lowest BCUT2D eigenvalue weighted by Crippen LogP contribution is -2.48. The number of nitrogens with zero attached hydrogens (tertiary/aromatic N) is 1. The molecule has 0 saturated heterocycles. The van der Waals surface area contributed by atoms with Gasteiger partial charge in [0.05, 0.1) is 12.6 Å². The fourth-order valence-corrected chi connectivity index (χ4v) is 5.41. The minimum Gasteiger partial charge on any atom is -0.493 e. The molecule has 3 aromatic rings. The van der Waals surface area contributed by atoms with Gasteiger partial charge < -0.3 is 19.6 Å². The van der Waals surface area contributed by atoms with Crippen LogP contribution in [0.2, 0.25) is 0 Å². The average Bonchev–Trinajstić information content (AvgIpc) is 3.21. The number of fused-ring (bicyclic) bond motifs is 3. The number of carboxylic acid groups (broad SMARTS) is 1.